The molecule has 4 heteroatoms. The standard InChI is InChI=1S/C21H27BrO2Si/c1-25(2,20-10-6-5-7-11-20)21(23)12-8-3-4-9-17-24-19-15-13-18(22)14-16-19/h5-7,10-11,13-16H,3-4,8-9,12,17H2,1-2H3. The number of hydrogen-bond donors (Lipinski definition) is 0. The highest BCUT2D eigenvalue weighted by atomic mass is 79.9. The summed E-state index contributed by atoms with van der Waals surface area (Å²) in [6, 6.07) is 18.2. The molecule has 0 bridgehead atoms. The van der Waals surface area contributed by atoms with E-state index in [-0.39, 0.29) is 0 Å². The molecular formula is C21H27BrO2Si. The molecule has 0 radical (unpaired) electrons. The Balaban J connectivity index is 1.61. The summed E-state index contributed by atoms with van der Waals surface area (Å²) in [5, 5.41) is 1.70. The minimum absolute atomic E-state index is 0.463. The Labute approximate surface area is 160 Å². The lowest BCUT2D eigenvalue weighted by atomic mass is 10.1. The molecule has 0 saturated heterocycles. The van der Waals surface area contributed by atoms with Gasteiger partial charge in [0.25, 0.3) is 0 Å². The van der Waals surface area contributed by atoms with Gasteiger partial charge in [-0.15, -0.1) is 0 Å². The first kappa shape index (κ1) is 19.9. The first-order valence-corrected chi connectivity index (χ1v) is 12.8. The molecule has 0 spiro atoms. The molecular weight excluding hydrogens is 392 g/mol. The highest BCUT2D eigenvalue weighted by molar-refractivity contribution is 9.10. The van der Waals surface area contributed by atoms with Gasteiger partial charge in [0.05, 0.1) is 6.61 Å². The van der Waals surface area contributed by atoms with Gasteiger partial charge in [-0.3, -0.25) is 0 Å². The molecule has 0 aliphatic heterocycles. The van der Waals surface area contributed by atoms with Gasteiger partial charge < -0.3 is 9.53 Å². The number of halogens is 1. The van der Waals surface area contributed by atoms with Gasteiger partial charge in [0, 0.05) is 10.9 Å². The summed E-state index contributed by atoms with van der Waals surface area (Å²) >= 11 is 3.42. The third-order valence-electron chi connectivity index (χ3n) is 4.57. The molecule has 0 unspecified atom stereocenters. The molecule has 0 fully saturated rings. The molecule has 0 amide bonds. The minimum atomic E-state index is -1.97. The van der Waals surface area contributed by atoms with Gasteiger partial charge in [0.15, 0.2) is 8.07 Å². The fourth-order valence-corrected chi connectivity index (χ4v) is 5.20. The summed E-state index contributed by atoms with van der Waals surface area (Å²) in [5.74, 6) is 0.911. The first-order valence-electron chi connectivity index (χ1n) is 8.97. The number of hydrogen-bond acceptors (Lipinski definition) is 2. The SMILES string of the molecule is C[Si](C)(C(=O)CCCCCCOc1ccc(Br)cc1)c1ccccc1. The monoisotopic (exact) mass is 418 g/mol. The van der Waals surface area contributed by atoms with Crippen molar-refractivity contribution in [1.29, 1.82) is 0 Å². The van der Waals surface area contributed by atoms with E-state index in [1.54, 1.807) is 0 Å². The first-order chi connectivity index (χ1) is 12.0. The average Bonchev–Trinajstić information content (AvgIpc) is 2.63. The number of benzene rings is 2. The van der Waals surface area contributed by atoms with E-state index in [0.29, 0.717) is 11.8 Å². The Morgan fingerprint density at radius 1 is 0.920 bits per heavy atom. The number of ether oxygens (including phenoxy) is 1. The van der Waals surface area contributed by atoms with Crippen molar-refractivity contribution in [2.45, 2.75) is 45.2 Å². The van der Waals surface area contributed by atoms with Crippen molar-refractivity contribution in [2.24, 2.45) is 0 Å². The maximum Gasteiger partial charge on any atom is 0.157 e. The third kappa shape index (κ3) is 6.44. The van der Waals surface area contributed by atoms with E-state index < -0.39 is 8.07 Å². The van der Waals surface area contributed by atoms with Crippen LogP contribution < -0.4 is 9.92 Å². The van der Waals surface area contributed by atoms with Crippen molar-refractivity contribution in [3.05, 3.63) is 59.1 Å². The largest absolute Gasteiger partial charge is 0.494 e. The number of unbranched alkanes of at least 4 members (excludes halogenated alkanes) is 3. The van der Waals surface area contributed by atoms with E-state index in [0.717, 1.165) is 42.5 Å². The fourth-order valence-electron chi connectivity index (χ4n) is 2.79. The van der Waals surface area contributed by atoms with Crippen molar-refractivity contribution in [3.63, 3.8) is 0 Å². The van der Waals surface area contributed by atoms with E-state index in [1.165, 1.54) is 5.19 Å². The second kappa shape index (κ2) is 9.93. The lowest BCUT2D eigenvalue weighted by molar-refractivity contribution is -0.112. The van der Waals surface area contributed by atoms with Gasteiger partial charge in [-0.05, 0) is 37.1 Å². The quantitative estimate of drug-likeness (QED) is 0.375. The highest BCUT2D eigenvalue weighted by Gasteiger charge is 2.31. The van der Waals surface area contributed by atoms with Gasteiger partial charge in [-0.1, -0.05) is 77.4 Å². The molecule has 0 N–H and O–H groups in total. The highest BCUT2D eigenvalue weighted by Crippen LogP contribution is 2.17. The fraction of sp³-hybridized carbons (Fsp3) is 0.381. The van der Waals surface area contributed by atoms with Crippen molar-refractivity contribution in [2.75, 3.05) is 6.61 Å². The van der Waals surface area contributed by atoms with Crippen molar-refractivity contribution < 1.29 is 9.53 Å². The molecule has 0 aliphatic carbocycles. The van der Waals surface area contributed by atoms with Crippen LogP contribution in [0.15, 0.2) is 59.1 Å². The summed E-state index contributed by atoms with van der Waals surface area (Å²) in [6.07, 6.45) is 4.93. The van der Waals surface area contributed by atoms with E-state index in [2.05, 4.69) is 41.2 Å². The maximum atomic E-state index is 12.6. The molecule has 0 saturated carbocycles. The van der Waals surface area contributed by atoms with Crippen LogP contribution in [0.2, 0.25) is 13.1 Å². The van der Waals surface area contributed by atoms with Gasteiger partial charge in [-0.25, -0.2) is 0 Å². The van der Waals surface area contributed by atoms with Crippen LogP contribution in [-0.4, -0.2) is 20.1 Å². The van der Waals surface area contributed by atoms with Crippen molar-refractivity contribution in [1.82, 2.24) is 0 Å². The predicted octanol–water partition coefficient (Wildman–Crippen LogP) is 5.50. The van der Waals surface area contributed by atoms with Crippen LogP contribution in [0, 0.1) is 0 Å². The molecule has 2 aromatic carbocycles. The number of carbonyl (C=O) groups is 1. The Bertz CT molecular complexity index is 653. The smallest absolute Gasteiger partial charge is 0.157 e. The normalized spacial score (nSPS) is 11.3. The summed E-state index contributed by atoms with van der Waals surface area (Å²) < 4.78 is 6.78. The minimum Gasteiger partial charge on any atom is -0.494 e. The second-order valence-corrected chi connectivity index (χ2v) is 12.2. The van der Waals surface area contributed by atoms with E-state index >= 15 is 0 Å². The summed E-state index contributed by atoms with van der Waals surface area (Å²) in [6.45, 7) is 5.06. The summed E-state index contributed by atoms with van der Waals surface area (Å²) in [5.41, 5.74) is 0. The predicted molar refractivity (Wildman–Crippen MR) is 111 cm³/mol. The van der Waals surface area contributed by atoms with Crippen LogP contribution in [0.4, 0.5) is 0 Å². The zero-order valence-electron chi connectivity index (χ0n) is 15.1. The van der Waals surface area contributed by atoms with Crippen molar-refractivity contribution >= 4 is 34.6 Å². The van der Waals surface area contributed by atoms with Crippen LogP contribution in [-0.2, 0) is 4.79 Å². The topological polar surface area (TPSA) is 26.3 Å². The van der Waals surface area contributed by atoms with Crippen molar-refractivity contribution in [3.8, 4) is 5.75 Å². The Hall–Kier alpha value is -1.39. The molecule has 25 heavy (non-hydrogen) atoms. The second-order valence-electron chi connectivity index (χ2n) is 6.88. The summed E-state index contributed by atoms with van der Waals surface area (Å²) in [4.78, 5) is 12.6. The maximum absolute atomic E-state index is 12.6. The van der Waals surface area contributed by atoms with Gasteiger partial charge in [0.2, 0.25) is 0 Å². The molecule has 2 nitrogen and oxygen atoms in total. The molecule has 0 atom stereocenters. The van der Waals surface area contributed by atoms with E-state index in [9.17, 15) is 4.79 Å². The van der Waals surface area contributed by atoms with Crippen LogP contribution in [0.25, 0.3) is 0 Å². The van der Waals surface area contributed by atoms with Gasteiger partial charge in [-0.2, -0.15) is 0 Å². The van der Waals surface area contributed by atoms with E-state index in [4.69, 9.17) is 4.74 Å². The molecule has 0 aromatic heterocycles. The molecule has 0 aliphatic rings. The molecule has 2 rings (SSSR count). The third-order valence-corrected chi connectivity index (χ3v) is 8.52. The molecule has 0 heterocycles. The van der Waals surface area contributed by atoms with Crippen LogP contribution in [0.5, 0.6) is 5.75 Å². The summed E-state index contributed by atoms with van der Waals surface area (Å²) in [7, 11) is -1.97. The Morgan fingerprint density at radius 3 is 2.24 bits per heavy atom. The Kier molecular flexibility index (Phi) is 7.91. The van der Waals surface area contributed by atoms with Gasteiger partial charge >= 0.3 is 0 Å². The van der Waals surface area contributed by atoms with E-state index in [1.807, 2.05) is 42.5 Å². The average molecular weight is 419 g/mol. The molecule has 2 aromatic rings. The number of rotatable bonds is 10. The zero-order valence-corrected chi connectivity index (χ0v) is 17.7. The Morgan fingerprint density at radius 2 is 1.56 bits per heavy atom. The molecule has 134 valence electrons. The van der Waals surface area contributed by atoms with Gasteiger partial charge in [0.1, 0.15) is 11.2 Å². The zero-order chi connectivity index (χ0) is 18.1. The number of carbonyl (C=O) groups excluding carboxylic acids is 1. The van der Waals surface area contributed by atoms with Crippen LogP contribution in [0.3, 0.4) is 0 Å². The lowest BCUT2D eigenvalue weighted by Crippen LogP contribution is -2.49. The lowest BCUT2D eigenvalue weighted by Gasteiger charge is -2.21. The van der Waals surface area contributed by atoms with Crippen LogP contribution >= 0.6 is 15.9 Å². The van der Waals surface area contributed by atoms with Crippen LogP contribution in [0.1, 0.15) is 32.1 Å².